The first-order valence-electron chi connectivity index (χ1n) is 7.10. The van der Waals surface area contributed by atoms with Crippen molar-refractivity contribution >= 4 is 5.91 Å². The summed E-state index contributed by atoms with van der Waals surface area (Å²) in [5.41, 5.74) is 3.10. The maximum Gasteiger partial charge on any atom is 0.254 e. The van der Waals surface area contributed by atoms with E-state index in [0.717, 1.165) is 18.5 Å². The van der Waals surface area contributed by atoms with Crippen LogP contribution < -0.4 is 0 Å². The molecule has 2 heteroatoms. The molecular weight excluding hydrogens is 246 g/mol. The van der Waals surface area contributed by atoms with Gasteiger partial charge in [0.05, 0.1) is 0 Å². The van der Waals surface area contributed by atoms with Gasteiger partial charge in [0.25, 0.3) is 5.91 Å². The van der Waals surface area contributed by atoms with Gasteiger partial charge >= 0.3 is 0 Å². The van der Waals surface area contributed by atoms with Gasteiger partial charge in [-0.3, -0.25) is 4.79 Å². The molecule has 0 aliphatic heterocycles. The molecule has 104 valence electrons. The highest BCUT2D eigenvalue weighted by Crippen LogP contribution is 2.11. The summed E-state index contributed by atoms with van der Waals surface area (Å²) in [6.45, 7) is 5.57. The third-order valence-corrected chi connectivity index (χ3v) is 3.30. The van der Waals surface area contributed by atoms with E-state index in [1.165, 1.54) is 11.1 Å². The van der Waals surface area contributed by atoms with Crippen LogP contribution in [-0.4, -0.2) is 17.4 Å². The van der Waals surface area contributed by atoms with Crippen molar-refractivity contribution in [1.29, 1.82) is 0 Å². The molecule has 20 heavy (non-hydrogen) atoms. The van der Waals surface area contributed by atoms with Gasteiger partial charge in [-0.25, -0.2) is 0 Å². The van der Waals surface area contributed by atoms with E-state index in [9.17, 15) is 4.79 Å². The third-order valence-electron chi connectivity index (χ3n) is 3.30. The number of hydrogen-bond donors (Lipinski definition) is 0. The summed E-state index contributed by atoms with van der Waals surface area (Å²) in [6.07, 6.45) is 0.963. The maximum absolute atomic E-state index is 12.6. The van der Waals surface area contributed by atoms with E-state index < -0.39 is 0 Å². The van der Waals surface area contributed by atoms with Crippen molar-refractivity contribution in [2.24, 2.45) is 0 Å². The van der Waals surface area contributed by atoms with Gasteiger partial charge in [0.2, 0.25) is 0 Å². The summed E-state index contributed by atoms with van der Waals surface area (Å²) < 4.78 is 0. The molecule has 1 amide bonds. The van der Waals surface area contributed by atoms with Crippen LogP contribution in [-0.2, 0) is 6.54 Å². The smallest absolute Gasteiger partial charge is 0.254 e. The SMILES string of the molecule is CCCN(Cc1ccccc1)C(=O)c1ccc(C)cc1. The van der Waals surface area contributed by atoms with E-state index >= 15 is 0 Å². The Hall–Kier alpha value is -2.09. The molecule has 0 unspecified atom stereocenters. The van der Waals surface area contributed by atoms with Crippen LogP contribution >= 0.6 is 0 Å². The lowest BCUT2D eigenvalue weighted by Crippen LogP contribution is -2.31. The third kappa shape index (κ3) is 3.70. The Kier molecular flexibility index (Phi) is 4.94. The number of benzene rings is 2. The summed E-state index contributed by atoms with van der Waals surface area (Å²) in [5.74, 6) is 0.107. The monoisotopic (exact) mass is 267 g/mol. The van der Waals surface area contributed by atoms with Crippen LogP contribution in [0.25, 0.3) is 0 Å². The summed E-state index contributed by atoms with van der Waals surface area (Å²) in [6, 6.07) is 17.9. The number of hydrogen-bond acceptors (Lipinski definition) is 1. The van der Waals surface area contributed by atoms with Crippen LogP contribution in [0.3, 0.4) is 0 Å². The lowest BCUT2D eigenvalue weighted by molar-refractivity contribution is 0.0743. The molecule has 0 heterocycles. The molecule has 0 atom stereocenters. The van der Waals surface area contributed by atoms with E-state index in [-0.39, 0.29) is 5.91 Å². The average Bonchev–Trinajstić information content (AvgIpc) is 2.48. The van der Waals surface area contributed by atoms with Crippen LogP contribution in [0.5, 0.6) is 0 Å². The Balaban J connectivity index is 2.15. The van der Waals surface area contributed by atoms with Crippen molar-refractivity contribution < 1.29 is 4.79 Å². The quantitative estimate of drug-likeness (QED) is 0.800. The normalized spacial score (nSPS) is 10.3. The number of rotatable bonds is 5. The molecule has 2 aromatic rings. The van der Waals surface area contributed by atoms with Crippen LogP contribution in [0.1, 0.15) is 34.8 Å². The first kappa shape index (κ1) is 14.3. The zero-order chi connectivity index (χ0) is 14.4. The van der Waals surface area contributed by atoms with Gasteiger partial charge in [-0.2, -0.15) is 0 Å². The molecule has 0 saturated heterocycles. The van der Waals surface area contributed by atoms with Crippen molar-refractivity contribution in [1.82, 2.24) is 4.90 Å². The Morgan fingerprint density at radius 3 is 2.25 bits per heavy atom. The molecule has 0 bridgehead atoms. The molecule has 0 radical (unpaired) electrons. The molecule has 0 saturated carbocycles. The van der Waals surface area contributed by atoms with E-state index in [1.807, 2.05) is 54.3 Å². The van der Waals surface area contributed by atoms with Crippen molar-refractivity contribution in [2.45, 2.75) is 26.8 Å². The maximum atomic E-state index is 12.6. The molecular formula is C18H21NO. The molecule has 2 nitrogen and oxygen atoms in total. The topological polar surface area (TPSA) is 20.3 Å². The predicted molar refractivity (Wildman–Crippen MR) is 82.7 cm³/mol. The summed E-state index contributed by atoms with van der Waals surface area (Å²) in [5, 5.41) is 0. The lowest BCUT2D eigenvalue weighted by Gasteiger charge is -2.22. The van der Waals surface area contributed by atoms with Crippen molar-refractivity contribution in [3.63, 3.8) is 0 Å². The van der Waals surface area contributed by atoms with Crippen LogP contribution in [0.15, 0.2) is 54.6 Å². The predicted octanol–water partition coefficient (Wildman–Crippen LogP) is 4.05. The van der Waals surface area contributed by atoms with E-state index in [0.29, 0.717) is 6.54 Å². The summed E-state index contributed by atoms with van der Waals surface area (Å²) in [4.78, 5) is 14.5. The first-order valence-corrected chi connectivity index (χ1v) is 7.10. The second-order valence-corrected chi connectivity index (χ2v) is 5.08. The first-order chi connectivity index (χ1) is 9.70. The van der Waals surface area contributed by atoms with Gasteiger partial charge in [0.15, 0.2) is 0 Å². The van der Waals surface area contributed by atoms with Gasteiger partial charge in [-0.15, -0.1) is 0 Å². The molecule has 0 aliphatic carbocycles. The van der Waals surface area contributed by atoms with Crippen molar-refractivity contribution in [3.8, 4) is 0 Å². The number of carbonyl (C=O) groups excluding carboxylic acids is 1. The molecule has 2 aromatic carbocycles. The molecule has 0 N–H and O–H groups in total. The minimum absolute atomic E-state index is 0.107. The molecule has 0 spiro atoms. The largest absolute Gasteiger partial charge is 0.334 e. The van der Waals surface area contributed by atoms with E-state index in [2.05, 4.69) is 19.1 Å². The number of carbonyl (C=O) groups is 1. The Morgan fingerprint density at radius 1 is 1.00 bits per heavy atom. The summed E-state index contributed by atoms with van der Waals surface area (Å²) >= 11 is 0. The van der Waals surface area contributed by atoms with E-state index in [4.69, 9.17) is 0 Å². The van der Waals surface area contributed by atoms with Crippen LogP contribution in [0, 0.1) is 6.92 Å². The number of aryl methyl sites for hydroxylation is 1. The highest BCUT2D eigenvalue weighted by molar-refractivity contribution is 5.94. The minimum atomic E-state index is 0.107. The highest BCUT2D eigenvalue weighted by atomic mass is 16.2. The fourth-order valence-corrected chi connectivity index (χ4v) is 2.20. The fourth-order valence-electron chi connectivity index (χ4n) is 2.20. The average molecular weight is 267 g/mol. The lowest BCUT2D eigenvalue weighted by atomic mass is 10.1. The van der Waals surface area contributed by atoms with Crippen LogP contribution in [0.4, 0.5) is 0 Å². The van der Waals surface area contributed by atoms with Gasteiger partial charge in [0, 0.05) is 18.7 Å². The number of amides is 1. The van der Waals surface area contributed by atoms with Gasteiger partial charge < -0.3 is 4.90 Å². The van der Waals surface area contributed by atoms with E-state index in [1.54, 1.807) is 0 Å². The second-order valence-electron chi connectivity index (χ2n) is 5.08. The minimum Gasteiger partial charge on any atom is -0.334 e. The number of nitrogens with zero attached hydrogens (tertiary/aromatic N) is 1. The molecule has 0 aliphatic rings. The fraction of sp³-hybridized carbons (Fsp3) is 0.278. The second kappa shape index (κ2) is 6.90. The zero-order valence-electron chi connectivity index (χ0n) is 12.2. The van der Waals surface area contributed by atoms with Crippen molar-refractivity contribution in [2.75, 3.05) is 6.54 Å². The van der Waals surface area contributed by atoms with Gasteiger partial charge in [-0.1, -0.05) is 55.0 Å². The Bertz CT molecular complexity index is 545. The highest BCUT2D eigenvalue weighted by Gasteiger charge is 2.15. The molecule has 2 rings (SSSR count). The standard InChI is InChI=1S/C18H21NO/c1-3-13-19(14-16-7-5-4-6-8-16)18(20)17-11-9-15(2)10-12-17/h4-12H,3,13-14H2,1-2H3. The Labute approximate surface area is 121 Å². The molecule has 0 aromatic heterocycles. The van der Waals surface area contributed by atoms with Gasteiger partial charge in [-0.05, 0) is 31.0 Å². The van der Waals surface area contributed by atoms with Crippen molar-refractivity contribution in [3.05, 3.63) is 71.3 Å². The summed E-state index contributed by atoms with van der Waals surface area (Å²) in [7, 11) is 0. The zero-order valence-corrected chi connectivity index (χ0v) is 12.2. The molecule has 0 fully saturated rings. The van der Waals surface area contributed by atoms with Gasteiger partial charge in [0.1, 0.15) is 0 Å². The van der Waals surface area contributed by atoms with Crippen LogP contribution in [0.2, 0.25) is 0 Å². The Morgan fingerprint density at radius 2 is 1.65 bits per heavy atom.